The zero-order valence-electron chi connectivity index (χ0n) is 22.8. The molecule has 4 nitrogen and oxygen atoms in total. The highest BCUT2D eigenvalue weighted by Crippen LogP contribution is 2.56. The second-order valence-corrected chi connectivity index (χ2v) is 15.3. The molecule has 0 aliphatic rings. The maximum absolute atomic E-state index is 11.1. The van der Waals surface area contributed by atoms with Crippen LogP contribution in [0.25, 0.3) is 0 Å². The van der Waals surface area contributed by atoms with E-state index in [2.05, 4.69) is 41.5 Å². The third-order valence-electron chi connectivity index (χ3n) is 5.90. The van der Waals surface area contributed by atoms with Gasteiger partial charge >= 0.3 is 0 Å². The number of phenolic OH excluding ortho intramolecular Hbond substituents is 4. The minimum absolute atomic E-state index is 0.116. The summed E-state index contributed by atoms with van der Waals surface area (Å²) in [5, 5.41) is 43.8. The van der Waals surface area contributed by atoms with Crippen molar-refractivity contribution < 1.29 is 20.4 Å². The molecule has 0 aliphatic carbocycles. The van der Waals surface area contributed by atoms with E-state index in [-0.39, 0.29) is 44.7 Å². The molecule has 0 unspecified atom stereocenters. The smallest absolute Gasteiger partial charge is 0.172 e. The maximum atomic E-state index is 11.1. The molecule has 2 aromatic carbocycles. The van der Waals surface area contributed by atoms with Crippen LogP contribution in [0, 0.1) is 0 Å². The first-order valence-corrected chi connectivity index (χ1v) is 13.8. The molecule has 34 heavy (non-hydrogen) atoms. The highest BCUT2D eigenvalue weighted by Gasteiger charge is 2.32. The molecule has 0 aromatic heterocycles. The molecule has 0 amide bonds. The van der Waals surface area contributed by atoms with Crippen molar-refractivity contribution in [3.63, 3.8) is 0 Å². The average Bonchev–Trinajstić information content (AvgIpc) is 2.61. The van der Waals surface area contributed by atoms with Crippen LogP contribution >= 0.6 is 21.6 Å². The van der Waals surface area contributed by atoms with E-state index in [4.69, 9.17) is 0 Å². The topological polar surface area (TPSA) is 80.9 Å². The second-order valence-electron chi connectivity index (χ2n) is 13.2. The van der Waals surface area contributed by atoms with Gasteiger partial charge in [0.05, 0.1) is 9.79 Å². The first-order chi connectivity index (χ1) is 15.1. The SMILES string of the molecule is CC(C)(C)c1cc(C(C)(C)C)c(SSc2c(C(C)(C)C)cc(C(C)(C)C)c(O)c2O)c(O)c1O. The Bertz CT molecular complexity index is 989. The van der Waals surface area contributed by atoms with Gasteiger partial charge in [-0.1, -0.05) is 83.1 Å². The Kier molecular flexibility index (Phi) is 7.64. The van der Waals surface area contributed by atoms with E-state index < -0.39 is 0 Å². The fourth-order valence-corrected chi connectivity index (χ4v) is 6.73. The molecule has 0 heterocycles. The molecule has 4 N–H and O–H groups in total. The Morgan fingerprint density at radius 2 is 0.647 bits per heavy atom. The minimum Gasteiger partial charge on any atom is -0.504 e. The van der Waals surface area contributed by atoms with E-state index in [1.165, 1.54) is 21.6 Å². The van der Waals surface area contributed by atoms with E-state index in [0.29, 0.717) is 20.9 Å². The first-order valence-electron chi connectivity index (χ1n) is 11.6. The van der Waals surface area contributed by atoms with Gasteiger partial charge in [0.1, 0.15) is 0 Å². The molecule has 190 valence electrons. The summed E-state index contributed by atoms with van der Waals surface area (Å²) in [5.41, 5.74) is 1.94. The molecule has 0 saturated carbocycles. The molecule has 6 heteroatoms. The van der Waals surface area contributed by atoms with Crippen molar-refractivity contribution >= 4 is 21.6 Å². The molecule has 0 spiro atoms. The molecule has 2 rings (SSSR count). The van der Waals surface area contributed by atoms with Crippen LogP contribution in [0.5, 0.6) is 23.0 Å². The van der Waals surface area contributed by atoms with Gasteiger partial charge in [0.25, 0.3) is 0 Å². The first kappa shape index (κ1) is 28.6. The summed E-state index contributed by atoms with van der Waals surface area (Å²) in [7, 11) is 2.58. The molecule has 0 atom stereocenters. The van der Waals surface area contributed by atoms with Gasteiger partial charge in [-0.2, -0.15) is 0 Å². The fraction of sp³-hybridized carbons (Fsp3) is 0.571. The van der Waals surface area contributed by atoms with Crippen molar-refractivity contribution in [1.82, 2.24) is 0 Å². The largest absolute Gasteiger partial charge is 0.504 e. The van der Waals surface area contributed by atoms with Crippen LogP contribution in [0.4, 0.5) is 0 Å². The Hall–Kier alpha value is -1.66. The predicted molar refractivity (Wildman–Crippen MR) is 146 cm³/mol. The third kappa shape index (κ3) is 5.76. The monoisotopic (exact) mass is 506 g/mol. The number of hydrogen-bond donors (Lipinski definition) is 4. The fourth-order valence-electron chi connectivity index (χ4n) is 3.79. The van der Waals surface area contributed by atoms with Crippen molar-refractivity contribution in [2.75, 3.05) is 0 Å². The van der Waals surface area contributed by atoms with E-state index >= 15 is 0 Å². The molecule has 0 bridgehead atoms. The van der Waals surface area contributed by atoms with Crippen LogP contribution in [-0.2, 0) is 21.7 Å². The van der Waals surface area contributed by atoms with Crippen LogP contribution in [0.3, 0.4) is 0 Å². The van der Waals surface area contributed by atoms with Crippen LogP contribution in [0.2, 0.25) is 0 Å². The van der Waals surface area contributed by atoms with Crippen LogP contribution < -0.4 is 0 Å². The summed E-state index contributed by atoms with van der Waals surface area (Å²) < 4.78 is 0. The zero-order valence-corrected chi connectivity index (χ0v) is 24.4. The summed E-state index contributed by atoms with van der Waals surface area (Å²) in [5.74, 6) is -0.533. The molecule has 0 saturated heterocycles. The lowest BCUT2D eigenvalue weighted by Crippen LogP contribution is -2.18. The van der Waals surface area contributed by atoms with Gasteiger partial charge in [-0.15, -0.1) is 0 Å². The highest BCUT2D eigenvalue weighted by atomic mass is 33.1. The minimum atomic E-state index is -0.343. The lowest BCUT2D eigenvalue weighted by molar-refractivity contribution is 0.376. The second kappa shape index (κ2) is 9.09. The Morgan fingerprint density at radius 3 is 0.853 bits per heavy atom. The van der Waals surface area contributed by atoms with Gasteiger partial charge in [-0.3, -0.25) is 0 Å². The third-order valence-corrected chi connectivity index (χ3v) is 8.39. The predicted octanol–water partition coefficient (Wildman–Crippen LogP) is 8.50. The van der Waals surface area contributed by atoms with E-state index in [1.807, 2.05) is 53.7 Å². The average molecular weight is 507 g/mol. The molecular weight excluding hydrogens is 464 g/mol. The van der Waals surface area contributed by atoms with Crippen LogP contribution in [-0.4, -0.2) is 20.4 Å². The molecule has 0 aliphatic heterocycles. The van der Waals surface area contributed by atoms with E-state index in [1.54, 1.807) is 0 Å². The summed E-state index contributed by atoms with van der Waals surface area (Å²) in [6.07, 6.45) is 0. The molecule has 0 fully saturated rings. The Labute approximate surface area is 213 Å². The Morgan fingerprint density at radius 1 is 0.412 bits per heavy atom. The lowest BCUT2D eigenvalue weighted by Gasteiger charge is -2.30. The zero-order chi connectivity index (χ0) is 26.6. The number of benzene rings is 2. The molecule has 0 radical (unpaired) electrons. The summed E-state index contributed by atoms with van der Waals surface area (Å²) >= 11 is 0. The highest BCUT2D eigenvalue weighted by molar-refractivity contribution is 8.76. The normalized spacial score (nSPS) is 13.4. The molecular formula is C28H42O4S2. The number of hydrogen-bond acceptors (Lipinski definition) is 6. The molecule has 2 aromatic rings. The number of aromatic hydroxyl groups is 4. The maximum Gasteiger partial charge on any atom is 0.172 e. The summed E-state index contributed by atoms with van der Waals surface area (Å²) in [6, 6.07) is 3.95. The van der Waals surface area contributed by atoms with Crippen molar-refractivity contribution in [1.29, 1.82) is 0 Å². The van der Waals surface area contributed by atoms with Crippen molar-refractivity contribution in [3.05, 3.63) is 34.4 Å². The van der Waals surface area contributed by atoms with E-state index in [0.717, 1.165) is 11.1 Å². The van der Waals surface area contributed by atoms with Crippen LogP contribution in [0.15, 0.2) is 21.9 Å². The van der Waals surface area contributed by atoms with Gasteiger partial charge < -0.3 is 20.4 Å². The summed E-state index contributed by atoms with van der Waals surface area (Å²) in [6.45, 7) is 24.4. The van der Waals surface area contributed by atoms with Gasteiger partial charge in [0, 0.05) is 11.1 Å². The van der Waals surface area contributed by atoms with Gasteiger partial charge in [-0.25, -0.2) is 0 Å². The van der Waals surface area contributed by atoms with Gasteiger partial charge in [0.2, 0.25) is 0 Å². The standard InChI is InChI=1S/C28H42O4S2/c1-25(2,3)15-13-17(27(7,8)9)23(21(31)19(15)29)33-34-24-18(28(10,11)12)14-16(26(4,5)6)20(30)22(24)32/h13-14,29-32H,1-12H3. The quantitative estimate of drug-likeness (QED) is 0.247. The van der Waals surface area contributed by atoms with Gasteiger partial charge in [-0.05, 0) is 66.5 Å². The van der Waals surface area contributed by atoms with E-state index in [9.17, 15) is 20.4 Å². The van der Waals surface area contributed by atoms with Crippen molar-refractivity contribution in [3.8, 4) is 23.0 Å². The van der Waals surface area contributed by atoms with Gasteiger partial charge in [0.15, 0.2) is 23.0 Å². The Balaban J connectivity index is 2.72. The van der Waals surface area contributed by atoms with Crippen molar-refractivity contribution in [2.45, 2.75) is 115 Å². The van der Waals surface area contributed by atoms with Crippen LogP contribution in [0.1, 0.15) is 105 Å². The summed E-state index contributed by atoms with van der Waals surface area (Å²) in [4.78, 5) is 1.11. The number of phenols is 4. The number of rotatable bonds is 3. The van der Waals surface area contributed by atoms with Crippen molar-refractivity contribution in [2.24, 2.45) is 0 Å². The lowest BCUT2D eigenvalue weighted by atomic mass is 9.80.